The minimum Gasteiger partial charge on any atom is -0.484 e. The molecule has 0 spiro atoms. The highest BCUT2D eigenvalue weighted by Crippen LogP contribution is 2.34. The number of nitrogens with one attached hydrogen (secondary N) is 2. The minimum absolute atomic E-state index is 0.214. The van der Waals surface area contributed by atoms with Crippen LogP contribution in [0.1, 0.15) is 25.3 Å². The number of hydrogen-bond donors (Lipinski definition) is 2. The van der Waals surface area contributed by atoms with Gasteiger partial charge in [0.15, 0.2) is 13.2 Å². The van der Waals surface area contributed by atoms with Crippen molar-refractivity contribution in [2.45, 2.75) is 19.8 Å². The van der Waals surface area contributed by atoms with E-state index >= 15 is 0 Å². The molecule has 0 aliphatic rings. The summed E-state index contributed by atoms with van der Waals surface area (Å²) in [6, 6.07) is 17.1. The van der Waals surface area contributed by atoms with Crippen molar-refractivity contribution in [3.63, 3.8) is 0 Å². The van der Waals surface area contributed by atoms with Crippen LogP contribution in [0.15, 0.2) is 63.5 Å². The Morgan fingerprint density at radius 2 is 1.52 bits per heavy atom. The molecule has 0 bridgehead atoms. The summed E-state index contributed by atoms with van der Waals surface area (Å²) in [5, 5.41) is 2.00. The van der Waals surface area contributed by atoms with E-state index < -0.39 is 11.8 Å². The van der Waals surface area contributed by atoms with Gasteiger partial charge in [0.05, 0.1) is 4.47 Å². The van der Waals surface area contributed by atoms with E-state index in [2.05, 4.69) is 56.6 Å². The lowest BCUT2D eigenvalue weighted by atomic mass is 10.0. The van der Waals surface area contributed by atoms with Crippen molar-refractivity contribution in [2.24, 2.45) is 0 Å². The molecular formula is C23H22Br2N2O4. The van der Waals surface area contributed by atoms with E-state index in [1.54, 1.807) is 6.07 Å². The van der Waals surface area contributed by atoms with E-state index in [4.69, 9.17) is 9.47 Å². The van der Waals surface area contributed by atoms with Crippen molar-refractivity contribution in [2.75, 3.05) is 13.2 Å². The van der Waals surface area contributed by atoms with Gasteiger partial charge >= 0.3 is 0 Å². The molecule has 0 saturated carbocycles. The third-order valence-corrected chi connectivity index (χ3v) is 5.81. The maximum Gasteiger partial charge on any atom is 0.276 e. The third kappa shape index (κ3) is 6.45. The molecule has 0 unspecified atom stereocenters. The lowest BCUT2D eigenvalue weighted by Crippen LogP contribution is -2.45. The number of ether oxygens (including phenoxy) is 2. The lowest BCUT2D eigenvalue weighted by molar-refractivity contribution is -0.131. The highest BCUT2D eigenvalue weighted by Gasteiger charge is 2.10. The van der Waals surface area contributed by atoms with Gasteiger partial charge in [0, 0.05) is 4.47 Å². The van der Waals surface area contributed by atoms with Gasteiger partial charge in [-0.15, -0.1) is 0 Å². The molecule has 8 heteroatoms. The predicted molar refractivity (Wildman–Crippen MR) is 127 cm³/mol. The second-order valence-electron chi connectivity index (χ2n) is 7.14. The van der Waals surface area contributed by atoms with Crippen LogP contribution in [0.4, 0.5) is 0 Å². The summed E-state index contributed by atoms with van der Waals surface area (Å²) in [6.45, 7) is 3.74. The number of halogens is 2. The van der Waals surface area contributed by atoms with Crippen LogP contribution in [-0.2, 0) is 9.59 Å². The Kier molecular flexibility index (Phi) is 7.92. The van der Waals surface area contributed by atoms with E-state index in [-0.39, 0.29) is 13.2 Å². The molecule has 3 rings (SSSR count). The molecule has 2 amide bonds. The number of hydrazine groups is 1. The highest BCUT2D eigenvalue weighted by atomic mass is 79.9. The fourth-order valence-corrected chi connectivity index (χ4v) is 3.79. The van der Waals surface area contributed by atoms with Crippen molar-refractivity contribution in [3.8, 4) is 11.5 Å². The summed E-state index contributed by atoms with van der Waals surface area (Å²) in [5.41, 5.74) is 5.81. The third-order valence-electron chi connectivity index (χ3n) is 4.50. The number of rotatable bonds is 7. The van der Waals surface area contributed by atoms with Crippen LogP contribution in [0.5, 0.6) is 11.5 Å². The second kappa shape index (κ2) is 10.6. The smallest absolute Gasteiger partial charge is 0.276 e. The van der Waals surface area contributed by atoms with E-state index in [1.807, 2.05) is 48.5 Å². The summed E-state index contributed by atoms with van der Waals surface area (Å²) in [6.07, 6.45) is 0. The first-order chi connectivity index (χ1) is 14.8. The van der Waals surface area contributed by atoms with Gasteiger partial charge in [0.1, 0.15) is 11.5 Å². The van der Waals surface area contributed by atoms with Crippen molar-refractivity contribution >= 4 is 54.4 Å². The van der Waals surface area contributed by atoms with E-state index in [9.17, 15) is 9.59 Å². The summed E-state index contributed by atoms with van der Waals surface area (Å²) < 4.78 is 12.7. The molecule has 0 aliphatic carbocycles. The molecule has 6 nitrogen and oxygen atoms in total. The Bertz CT molecular complexity index is 1080. The first-order valence-corrected chi connectivity index (χ1v) is 11.2. The summed E-state index contributed by atoms with van der Waals surface area (Å²) in [4.78, 5) is 23.9. The van der Waals surface area contributed by atoms with Gasteiger partial charge < -0.3 is 9.47 Å². The largest absolute Gasteiger partial charge is 0.484 e. The first kappa shape index (κ1) is 23.1. The Labute approximate surface area is 197 Å². The number of carbonyl (C=O) groups is 2. The molecule has 162 valence electrons. The minimum atomic E-state index is -0.488. The number of hydrogen-bond acceptors (Lipinski definition) is 4. The average molecular weight is 550 g/mol. The number of amides is 2. The molecule has 0 aliphatic heterocycles. The van der Waals surface area contributed by atoms with Crippen molar-refractivity contribution in [3.05, 3.63) is 69.1 Å². The fraction of sp³-hybridized carbons (Fsp3) is 0.217. The van der Waals surface area contributed by atoms with Crippen LogP contribution >= 0.6 is 31.9 Å². The second-order valence-corrected chi connectivity index (χ2v) is 8.85. The molecule has 0 aromatic heterocycles. The molecule has 3 aromatic carbocycles. The van der Waals surface area contributed by atoms with Gasteiger partial charge in [-0.2, -0.15) is 0 Å². The van der Waals surface area contributed by atoms with Gasteiger partial charge in [0.2, 0.25) is 0 Å². The monoisotopic (exact) mass is 548 g/mol. The Hall–Kier alpha value is -2.58. The van der Waals surface area contributed by atoms with Crippen molar-refractivity contribution < 1.29 is 19.1 Å². The number of fused-ring (bicyclic) bond motifs is 1. The molecule has 0 heterocycles. The Balaban J connectivity index is 1.43. The van der Waals surface area contributed by atoms with Crippen LogP contribution in [0.25, 0.3) is 10.8 Å². The molecule has 0 radical (unpaired) electrons. The Morgan fingerprint density at radius 1 is 0.871 bits per heavy atom. The van der Waals surface area contributed by atoms with Crippen molar-refractivity contribution in [1.29, 1.82) is 0 Å². The maximum atomic E-state index is 12.0. The average Bonchev–Trinajstić information content (AvgIpc) is 2.76. The molecule has 0 atom stereocenters. The zero-order valence-corrected chi connectivity index (χ0v) is 20.2. The maximum absolute atomic E-state index is 12.0. The van der Waals surface area contributed by atoms with E-state index in [1.165, 1.54) is 5.56 Å². The Morgan fingerprint density at radius 3 is 2.16 bits per heavy atom. The SMILES string of the molecule is CC(C)c1ccc(OCC(=O)NNC(=O)COc2ccc3cc(Br)ccc3c2Br)cc1. The molecule has 2 N–H and O–H groups in total. The molecular weight excluding hydrogens is 528 g/mol. The van der Waals surface area contributed by atoms with Crippen LogP contribution < -0.4 is 20.3 Å². The summed E-state index contributed by atoms with van der Waals surface area (Å²) in [5.74, 6) is 0.579. The van der Waals surface area contributed by atoms with E-state index in [0.717, 1.165) is 19.7 Å². The van der Waals surface area contributed by atoms with Gasteiger partial charge in [0.25, 0.3) is 11.8 Å². The number of benzene rings is 3. The van der Waals surface area contributed by atoms with Gasteiger partial charge in [-0.3, -0.25) is 20.4 Å². The summed E-state index contributed by atoms with van der Waals surface area (Å²) >= 11 is 6.96. The van der Waals surface area contributed by atoms with Gasteiger partial charge in [-0.05, 0) is 68.5 Å². The normalized spacial score (nSPS) is 10.7. The summed E-state index contributed by atoms with van der Waals surface area (Å²) in [7, 11) is 0. The zero-order valence-electron chi connectivity index (χ0n) is 17.1. The molecule has 0 saturated heterocycles. The van der Waals surface area contributed by atoms with Crippen LogP contribution in [-0.4, -0.2) is 25.0 Å². The lowest BCUT2D eigenvalue weighted by Gasteiger charge is -2.12. The topological polar surface area (TPSA) is 76.7 Å². The standard InChI is InChI=1S/C23H22Br2N2O4/c1-14(2)15-3-7-18(8-4-15)30-12-21(28)26-27-22(29)13-31-20-10-5-16-11-17(24)6-9-19(16)23(20)25/h3-11,14H,12-13H2,1-2H3,(H,26,28)(H,27,29). The van der Waals surface area contributed by atoms with Crippen LogP contribution in [0.3, 0.4) is 0 Å². The van der Waals surface area contributed by atoms with Gasteiger partial charge in [-0.25, -0.2) is 0 Å². The van der Waals surface area contributed by atoms with Crippen molar-refractivity contribution in [1.82, 2.24) is 10.9 Å². The number of carbonyl (C=O) groups excluding carboxylic acids is 2. The highest BCUT2D eigenvalue weighted by molar-refractivity contribution is 9.11. The van der Waals surface area contributed by atoms with Crippen LogP contribution in [0, 0.1) is 0 Å². The molecule has 0 fully saturated rings. The first-order valence-electron chi connectivity index (χ1n) is 9.64. The van der Waals surface area contributed by atoms with E-state index in [0.29, 0.717) is 17.4 Å². The van der Waals surface area contributed by atoms with Gasteiger partial charge in [-0.1, -0.05) is 54.0 Å². The molecule has 31 heavy (non-hydrogen) atoms. The molecule has 3 aromatic rings. The predicted octanol–water partition coefficient (Wildman–Crippen LogP) is 5.09. The quantitative estimate of drug-likeness (QED) is 0.402. The van der Waals surface area contributed by atoms with Crippen LogP contribution in [0.2, 0.25) is 0 Å². The fourth-order valence-electron chi connectivity index (χ4n) is 2.81. The zero-order chi connectivity index (χ0) is 22.4.